The van der Waals surface area contributed by atoms with Crippen molar-refractivity contribution in [2.24, 2.45) is 0 Å². The van der Waals surface area contributed by atoms with Gasteiger partial charge in [0, 0.05) is 39.0 Å². The van der Waals surface area contributed by atoms with Crippen LogP contribution in [0.1, 0.15) is 10.4 Å². The average Bonchev–Trinajstić information content (AvgIpc) is 2.75. The van der Waals surface area contributed by atoms with Crippen molar-refractivity contribution in [2.45, 2.75) is 4.90 Å². The summed E-state index contributed by atoms with van der Waals surface area (Å²) in [6.07, 6.45) is 0. The van der Waals surface area contributed by atoms with E-state index in [4.69, 9.17) is 11.6 Å². The summed E-state index contributed by atoms with van der Waals surface area (Å²) in [6.45, 7) is 0. The number of thioether (sulfide) groups is 1. The highest BCUT2D eigenvalue weighted by Crippen LogP contribution is 2.22. The van der Waals surface area contributed by atoms with Crippen molar-refractivity contribution in [3.8, 4) is 0 Å². The normalized spacial score (nSPS) is 10.3. The molecule has 3 aromatic carbocycles. The molecule has 0 atom stereocenters. The Morgan fingerprint density at radius 1 is 0.867 bits per heavy atom. The van der Waals surface area contributed by atoms with Crippen molar-refractivity contribution in [1.29, 1.82) is 0 Å². The van der Waals surface area contributed by atoms with Gasteiger partial charge in [-0.2, -0.15) is 0 Å². The third-order valence-electron chi connectivity index (χ3n) is 3.95. The number of benzene rings is 3. The zero-order chi connectivity index (χ0) is 21.5. The van der Waals surface area contributed by atoms with Gasteiger partial charge in [0.25, 0.3) is 11.6 Å². The molecule has 0 saturated heterocycles. The molecule has 0 radical (unpaired) electrons. The molecule has 0 bridgehead atoms. The molecule has 2 N–H and O–H groups in total. The van der Waals surface area contributed by atoms with Gasteiger partial charge in [-0.3, -0.25) is 19.7 Å². The SMILES string of the molecule is O=C(CSc1ccc(NC(=O)c2ccc([N+](=O)[O-])cc2)cc1)Nc1ccc(Cl)cc1. The van der Waals surface area contributed by atoms with Gasteiger partial charge >= 0.3 is 0 Å². The minimum Gasteiger partial charge on any atom is -0.325 e. The Morgan fingerprint density at radius 2 is 1.43 bits per heavy atom. The molecule has 0 aromatic heterocycles. The second kappa shape index (κ2) is 9.91. The van der Waals surface area contributed by atoms with Crippen LogP contribution in [0.25, 0.3) is 0 Å². The van der Waals surface area contributed by atoms with Crippen molar-refractivity contribution in [3.05, 3.63) is 93.5 Å². The Balaban J connectivity index is 1.50. The first-order chi connectivity index (χ1) is 14.4. The van der Waals surface area contributed by atoms with Crippen LogP contribution in [0.3, 0.4) is 0 Å². The maximum absolute atomic E-state index is 12.2. The minimum absolute atomic E-state index is 0.0759. The van der Waals surface area contributed by atoms with Gasteiger partial charge in [0.1, 0.15) is 0 Å². The number of carbonyl (C=O) groups excluding carboxylic acids is 2. The Hall–Kier alpha value is -3.36. The van der Waals surface area contributed by atoms with E-state index in [2.05, 4.69) is 10.6 Å². The maximum atomic E-state index is 12.2. The molecule has 3 aromatic rings. The highest BCUT2D eigenvalue weighted by molar-refractivity contribution is 8.00. The van der Waals surface area contributed by atoms with Crippen LogP contribution in [-0.2, 0) is 4.79 Å². The van der Waals surface area contributed by atoms with Crippen molar-refractivity contribution in [3.63, 3.8) is 0 Å². The molecule has 0 unspecified atom stereocenters. The van der Waals surface area contributed by atoms with Gasteiger partial charge in [0.15, 0.2) is 0 Å². The summed E-state index contributed by atoms with van der Waals surface area (Å²) in [5.74, 6) is -0.276. The number of rotatable bonds is 7. The molecule has 2 amide bonds. The van der Waals surface area contributed by atoms with Crippen molar-refractivity contribution in [1.82, 2.24) is 0 Å². The van der Waals surface area contributed by atoms with Crippen LogP contribution in [0, 0.1) is 10.1 Å². The Bertz CT molecular complexity index is 1060. The zero-order valence-electron chi connectivity index (χ0n) is 15.5. The number of anilines is 2. The second-order valence-corrected chi connectivity index (χ2v) is 7.61. The first-order valence-electron chi connectivity index (χ1n) is 8.75. The average molecular weight is 442 g/mol. The summed E-state index contributed by atoms with van der Waals surface area (Å²) < 4.78 is 0. The molecule has 0 spiro atoms. The van der Waals surface area contributed by atoms with E-state index in [1.54, 1.807) is 48.5 Å². The number of carbonyl (C=O) groups is 2. The molecule has 152 valence electrons. The largest absolute Gasteiger partial charge is 0.325 e. The van der Waals surface area contributed by atoms with Crippen molar-refractivity contribution < 1.29 is 14.5 Å². The Morgan fingerprint density at radius 3 is 2.03 bits per heavy atom. The van der Waals surface area contributed by atoms with Crippen LogP contribution in [0.4, 0.5) is 17.1 Å². The number of amides is 2. The van der Waals surface area contributed by atoms with E-state index in [0.29, 0.717) is 22.0 Å². The number of halogens is 1. The predicted octanol–water partition coefficient (Wildman–Crippen LogP) is 5.23. The summed E-state index contributed by atoms with van der Waals surface area (Å²) in [5, 5.41) is 16.8. The molecule has 3 rings (SSSR count). The highest BCUT2D eigenvalue weighted by atomic mass is 35.5. The zero-order valence-corrected chi connectivity index (χ0v) is 17.1. The number of nitrogens with one attached hydrogen (secondary N) is 2. The lowest BCUT2D eigenvalue weighted by atomic mass is 10.2. The van der Waals surface area contributed by atoms with Gasteiger partial charge in [-0.05, 0) is 60.7 Å². The quantitative estimate of drug-likeness (QED) is 0.297. The predicted molar refractivity (Wildman–Crippen MR) is 118 cm³/mol. The summed E-state index contributed by atoms with van der Waals surface area (Å²) in [5.41, 5.74) is 1.49. The van der Waals surface area contributed by atoms with Crippen LogP contribution in [-0.4, -0.2) is 22.5 Å². The Kier molecular flexibility index (Phi) is 7.05. The molecule has 0 heterocycles. The van der Waals surface area contributed by atoms with Gasteiger partial charge in [0.2, 0.25) is 5.91 Å². The number of nitro benzene ring substituents is 1. The third kappa shape index (κ3) is 6.07. The van der Waals surface area contributed by atoms with Crippen LogP contribution in [0.5, 0.6) is 0 Å². The van der Waals surface area contributed by atoms with E-state index >= 15 is 0 Å². The fourth-order valence-corrected chi connectivity index (χ4v) is 3.28. The van der Waals surface area contributed by atoms with Crippen LogP contribution in [0.15, 0.2) is 77.7 Å². The molecule has 30 heavy (non-hydrogen) atoms. The number of non-ortho nitro benzene ring substituents is 1. The summed E-state index contributed by atoms with van der Waals surface area (Å²) in [4.78, 5) is 35.3. The number of hydrogen-bond donors (Lipinski definition) is 2. The fourth-order valence-electron chi connectivity index (χ4n) is 2.45. The van der Waals surface area contributed by atoms with Crippen LogP contribution >= 0.6 is 23.4 Å². The molecule has 7 nitrogen and oxygen atoms in total. The maximum Gasteiger partial charge on any atom is 0.269 e. The lowest BCUT2D eigenvalue weighted by molar-refractivity contribution is -0.384. The number of nitrogens with zero attached hydrogens (tertiary/aromatic N) is 1. The van der Waals surface area contributed by atoms with E-state index in [1.165, 1.54) is 36.0 Å². The van der Waals surface area contributed by atoms with Gasteiger partial charge in [-0.25, -0.2) is 0 Å². The fraction of sp³-hybridized carbons (Fsp3) is 0.0476. The van der Waals surface area contributed by atoms with Crippen molar-refractivity contribution in [2.75, 3.05) is 16.4 Å². The molecule has 0 aliphatic rings. The van der Waals surface area contributed by atoms with Gasteiger partial charge in [-0.1, -0.05) is 11.6 Å². The third-order valence-corrected chi connectivity index (χ3v) is 5.21. The topological polar surface area (TPSA) is 101 Å². The van der Waals surface area contributed by atoms with E-state index in [9.17, 15) is 19.7 Å². The lowest BCUT2D eigenvalue weighted by Gasteiger charge is -2.07. The molecule has 0 aliphatic carbocycles. The lowest BCUT2D eigenvalue weighted by Crippen LogP contribution is -2.13. The van der Waals surface area contributed by atoms with Gasteiger partial charge in [-0.15, -0.1) is 11.8 Å². The summed E-state index contributed by atoms with van der Waals surface area (Å²) >= 11 is 7.18. The van der Waals surface area contributed by atoms with E-state index in [1.807, 2.05) is 0 Å². The van der Waals surface area contributed by atoms with E-state index in [-0.39, 0.29) is 23.3 Å². The monoisotopic (exact) mass is 441 g/mol. The minimum atomic E-state index is -0.520. The number of hydrogen-bond acceptors (Lipinski definition) is 5. The summed E-state index contributed by atoms with van der Waals surface area (Å²) in [7, 11) is 0. The molecule has 0 fully saturated rings. The molecular formula is C21H16ClN3O4S. The van der Waals surface area contributed by atoms with Crippen LogP contribution in [0.2, 0.25) is 5.02 Å². The van der Waals surface area contributed by atoms with Crippen LogP contribution < -0.4 is 10.6 Å². The summed E-state index contributed by atoms with van der Waals surface area (Å²) in [6, 6.07) is 19.3. The molecule has 0 saturated carbocycles. The molecular weight excluding hydrogens is 426 g/mol. The first kappa shape index (κ1) is 21.4. The smallest absolute Gasteiger partial charge is 0.269 e. The second-order valence-electron chi connectivity index (χ2n) is 6.13. The standard InChI is InChI=1S/C21H16ClN3O4S/c22-15-3-5-16(6-4-15)23-20(26)13-30-19-11-7-17(8-12-19)24-21(27)14-1-9-18(10-2-14)25(28)29/h1-12H,13H2,(H,23,26)(H,24,27). The van der Waals surface area contributed by atoms with E-state index in [0.717, 1.165) is 4.90 Å². The number of nitro groups is 1. The van der Waals surface area contributed by atoms with Gasteiger partial charge in [0.05, 0.1) is 10.7 Å². The van der Waals surface area contributed by atoms with Gasteiger partial charge < -0.3 is 10.6 Å². The highest BCUT2D eigenvalue weighted by Gasteiger charge is 2.10. The van der Waals surface area contributed by atoms with Crippen molar-refractivity contribution >= 4 is 52.2 Å². The molecule has 9 heteroatoms. The first-order valence-corrected chi connectivity index (χ1v) is 10.1. The van der Waals surface area contributed by atoms with E-state index < -0.39 is 4.92 Å². The Labute approximate surface area is 181 Å². The molecule has 0 aliphatic heterocycles.